The van der Waals surface area contributed by atoms with Crippen LogP contribution in [0.1, 0.15) is 0 Å². The van der Waals surface area contributed by atoms with E-state index in [-0.39, 0.29) is 21.4 Å². The van der Waals surface area contributed by atoms with E-state index in [1.165, 1.54) is 36.4 Å². The fourth-order valence-electron chi connectivity index (χ4n) is 3.19. The molecule has 0 heterocycles. The van der Waals surface area contributed by atoms with Crippen molar-refractivity contribution in [2.75, 3.05) is 15.4 Å². The van der Waals surface area contributed by atoms with Gasteiger partial charge in [0, 0.05) is 11.4 Å². The minimum atomic E-state index is -4.01. The van der Waals surface area contributed by atoms with Gasteiger partial charge in [0.25, 0.3) is 10.0 Å². The first-order valence-electron chi connectivity index (χ1n) is 10.1. The molecule has 3 N–H and O–H groups in total. The molecule has 172 valence electrons. The molecule has 0 aliphatic carbocycles. The summed E-state index contributed by atoms with van der Waals surface area (Å²) in [6, 6.07) is 24.9. The lowest BCUT2D eigenvalue weighted by Gasteiger charge is -2.13. The van der Waals surface area contributed by atoms with Crippen molar-refractivity contribution in [3.63, 3.8) is 0 Å². The van der Waals surface area contributed by atoms with Gasteiger partial charge in [0.2, 0.25) is 0 Å². The van der Waals surface area contributed by atoms with Gasteiger partial charge in [-0.05, 0) is 65.7 Å². The molecule has 0 aromatic heterocycles. The molecule has 0 saturated heterocycles. The first-order chi connectivity index (χ1) is 16.3. The minimum Gasteiger partial charge on any atom is -0.308 e. The Hall–Kier alpha value is -3.88. The van der Waals surface area contributed by atoms with Gasteiger partial charge in [0.1, 0.15) is 5.82 Å². The van der Waals surface area contributed by atoms with Crippen LogP contribution in [-0.2, 0) is 10.0 Å². The summed E-state index contributed by atoms with van der Waals surface area (Å²) in [6.07, 6.45) is 0. The number of hydrogen-bond donors (Lipinski definition) is 3. The Morgan fingerprint density at radius 2 is 1.44 bits per heavy atom. The number of urea groups is 1. The summed E-state index contributed by atoms with van der Waals surface area (Å²) in [5, 5.41) is 5.48. The van der Waals surface area contributed by atoms with Gasteiger partial charge in [-0.15, -0.1) is 0 Å². The number of carbonyl (C=O) groups excluding carboxylic acids is 1. The van der Waals surface area contributed by atoms with Gasteiger partial charge in [-0.25, -0.2) is 17.6 Å². The highest BCUT2D eigenvalue weighted by atomic mass is 35.5. The summed E-state index contributed by atoms with van der Waals surface area (Å²) in [5.41, 5.74) is 2.34. The molecule has 2 amide bonds. The largest absolute Gasteiger partial charge is 0.323 e. The van der Waals surface area contributed by atoms with E-state index in [0.717, 1.165) is 0 Å². The van der Waals surface area contributed by atoms with Crippen LogP contribution < -0.4 is 15.4 Å². The van der Waals surface area contributed by atoms with Gasteiger partial charge in [-0.3, -0.25) is 4.72 Å². The van der Waals surface area contributed by atoms with Gasteiger partial charge in [0.15, 0.2) is 0 Å². The van der Waals surface area contributed by atoms with Gasteiger partial charge < -0.3 is 10.6 Å². The number of carbonyl (C=O) groups is 1. The van der Waals surface area contributed by atoms with Crippen LogP contribution in [0.25, 0.3) is 11.1 Å². The monoisotopic (exact) mass is 495 g/mol. The van der Waals surface area contributed by atoms with E-state index < -0.39 is 16.1 Å². The van der Waals surface area contributed by atoms with Crippen LogP contribution in [-0.4, -0.2) is 14.4 Å². The molecule has 0 saturated carbocycles. The van der Waals surface area contributed by atoms with Crippen LogP contribution in [0.5, 0.6) is 0 Å². The average molecular weight is 496 g/mol. The SMILES string of the molecule is O=C(Nc1ccccc1)Nc1ccc(Cl)c(NS(=O)(=O)c2cccc(-c3ccc(F)cc3)c2)c1. The number of benzene rings is 4. The normalized spacial score (nSPS) is 11.0. The number of rotatable bonds is 6. The summed E-state index contributed by atoms with van der Waals surface area (Å²) in [6.45, 7) is 0. The number of nitrogens with one attached hydrogen (secondary N) is 3. The summed E-state index contributed by atoms with van der Waals surface area (Å²) < 4.78 is 41.8. The second kappa shape index (κ2) is 9.94. The van der Waals surface area contributed by atoms with Crippen LogP contribution >= 0.6 is 11.6 Å². The molecule has 4 aromatic carbocycles. The summed E-state index contributed by atoms with van der Waals surface area (Å²) in [5.74, 6) is -0.380. The van der Waals surface area contributed by atoms with Crippen LogP contribution in [0.4, 0.5) is 26.2 Å². The first kappa shape index (κ1) is 23.3. The van der Waals surface area contributed by atoms with Gasteiger partial charge in [-0.2, -0.15) is 0 Å². The van der Waals surface area contributed by atoms with Crippen molar-refractivity contribution in [2.45, 2.75) is 4.90 Å². The zero-order valence-corrected chi connectivity index (χ0v) is 19.2. The van der Waals surface area contributed by atoms with Crippen molar-refractivity contribution < 1.29 is 17.6 Å². The topological polar surface area (TPSA) is 87.3 Å². The number of para-hydroxylation sites is 1. The van der Waals surface area contributed by atoms with E-state index in [2.05, 4.69) is 15.4 Å². The third-order valence-electron chi connectivity index (χ3n) is 4.82. The number of amides is 2. The molecule has 0 aliphatic heterocycles. The quantitative estimate of drug-likeness (QED) is 0.282. The van der Waals surface area contributed by atoms with E-state index in [4.69, 9.17) is 11.6 Å². The Labute approximate surface area is 201 Å². The number of sulfonamides is 1. The van der Waals surface area contributed by atoms with E-state index in [0.29, 0.717) is 22.5 Å². The maximum Gasteiger partial charge on any atom is 0.323 e. The zero-order chi connectivity index (χ0) is 24.1. The Morgan fingerprint density at radius 3 is 2.18 bits per heavy atom. The molecule has 6 nitrogen and oxygen atoms in total. The fourth-order valence-corrected chi connectivity index (χ4v) is 4.52. The molecule has 4 rings (SSSR count). The van der Waals surface area contributed by atoms with E-state index in [9.17, 15) is 17.6 Å². The van der Waals surface area contributed by atoms with Crippen molar-refractivity contribution >= 4 is 44.7 Å². The van der Waals surface area contributed by atoms with Crippen LogP contribution in [0.15, 0.2) is 102 Å². The van der Waals surface area contributed by atoms with E-state index >= 15 is 0 Å². The Kier molecular flexibility index (Phi) is 6.81. The second-order valence-corrected chi connectivity index (χ2v) is 9.37. The molecule has 0 radical (unpaired) electrons. The molecule has 0 spiro atoms. The summed E-state index contributed by atoms with van der Waals surface area (Å²) in [7, 11) is -4.01. The third kappa shape index (κ3) is 5.72. The molecule has 4 aromatic rings. The lowest BCUT2D eigenvalue weighted by atomic mass is 10.1. The van der Waals surface area contributed by atoms with Crippen LogP contribution in [0.2, 0.25) is 5.02 Å². The maximum atomic E-state index is 13.2. The van der Waals surface area contributed by atoms with Crippen LogP contribution in [0, 0.1) is 5.82 Å². The van der Waals surface area contributed by atoms with Crippen molar-refractivity contribution in [1.29, 1.82) is 0 Å². The van der Waals surface area contributed by atoms with Crippen molar-refractivity contribution in [2.24, 2.45) is 0 Å². The zero-order valence-electron chi connectivity index (χ0n) is 17.6. The lowest BCUT2D eigenvalue weighted by molar-refractivity contribution is 0.262. The predicted octanol–water partition coefficient (Wildman–Crippen LogP) is 6.59. The molecular weight excluding hydrogens is 477 g/mol. The lowest BCUT2D eigenvalue weighted by Crippen LogP contribution is -2.19. The van der Waals surface area contributed by atoms with Gasteiger partial charge in [0.05, 0.1) is 15.6 Å². The summed E-state index contributed by atoms with van der Waals surface area (Å²) >= 11 is 6.21. The predicted molar refractivity (Wildman–Crippen MR) is 133 cm³/mol. The van der Waals surface area contributed by atoms with Crippen LogP contribution in [0.3, 0.4) is 0 Å². The third-order valence-corrected chi connectivity index (χ3v) is 6.51. The second-order valence-electron chi connectivity index (χ2n) is 7.28. The highest BCUT2D eigenvalue weighted by molar-refractivity contribution is 7.92. The van der Waals surface area contributed by atoms with Crippen molar-refractivity contribution in [1.82, 2.24) is 0 Å². The number of hydrogen-bond acceptors (Lipinski definition) is 3. The average Bonchev–Trinajstić information content (AvgIpc) is 2.82. The molecule has 0 aliphatic rings. The van der Waals surface area contributed by atoms with Crippen molar-refractivity contribution in [3.05, 3.63) is 108 Å². The maximum absolute atomic E-state index is 13.2. The Morgan fingerprint density at radius 1 is 0.735 bits per heavy atom. The highest BCUT2D eigenvalue weighted by Crippen LogP contribution is 2.29. The molecule has 0 fully saturated rings. The molecule has 0 unspecified atom stereocenters. The number of halogens is 2. The Balaban J connectivity index is 1.53. The van der Waals surface area contributed by atoms with E-state index in [1.807, 2.05) is 6.07 Å². The summed E-state index contributed by atoms with van der Waals surface area (Å²) in [4.78, 5) is 12.3. The minimum absolute atomic E-state index is 0.00516. The molecule has 9 heteroatoms. The standard InChI is InChI=1S/C25H19ClFN3O3S/c26-23-14-13-21(29-25(31)28-20-6-2-1-3-7-20)16-24(23)30-34(32,33)22-8-4-5-18(15-22)17-9-11-19(27)12-10-17/h1-16,30H,(H2,28,29,31). The molecule has 0 atom stereocenters. The number of anilines is 3. The Bertz CT molecular complexity index is 1430. The van der Waals surface area contributed by atoms with E-state index in [1.54, 1.807) is 54.6 Å². The molecule has 0 bridgehead atoms. The molecular formula is C25H19ClFN3O3S. The fraction of sp³-hybridized carbons (Fsp3) is 0. The van der Waals surface area contributed by atoms with Gasteiger partial charge in [-0.1, -0.05) is 54.1 Å². The molecule has 34 heavy (non-hydrogen) atoms. The van der Waals surface area contributed by atoms with Gasteiger partial charge >= 0.3 is 6.03 Å². The highest BCUT2D eigenvalue weighted by Gasteiger charge is 2.17. The smallest absolute Gasteiger partial charge is 0.308 e. The first-order valence-corrected chi connectivity index (χ1v) is 12.0. The van der Waals surface area contributed by atoms with Crippen molar-refractivity contribution in [3.8, 4) is 11.1 Å².